The molecule has 162 valence electrons. The van der Waals surface area contributed by atoms with Crippen LogP contribution in [0.1, 0.15) is 50.8 Å². The fourth-order valence-electron chi connectivity index (χ4n) is 3.49. The summed E-state index contributed by atoms with van der Waals surface area (Å²) in [7, 11) is 1.66. The van der Waals surface area contributed by atoms with E-state index in [1.54, 1.807) is 18.9 Å². The summed E-state index contributed by atoms with van der Waals surface area (Å²) in [6, 6.07) is 5.94. The van der Waals surface area contributed by atoms with E-state index in [1.807, 2.05) is 25.1 Å². The van der Waals surface area contributed by atoms with Crippen molar-refractivity contribution in [2.75, 3.05) is 23.5 Å². The third-order valence-electron chi connectivity index (χ3n) is 4.93. The summed E-state index contributed by atoms with van der Waals surface area (Å²) in [5, 5.41) is 6.89. The molecule has 0 radical (unpaired) electrons. The Morgan fingerprint density at radius 2 is 2.00 bits per heavy atom. The summed E-state index contributed by atoms with van der Waals surface area (Å²) in [6.07, 6.45) is 4.86. The van der Waals surface area contributed by atoms with Gasteiger partial charge in [0.2, 0.25) is 5.91 Å². The Morgan fingerprint density at radius 1 is 1.23 bits per heavy atom. The summed E-state index contributed by atoms with van der Waals surface area (Å²) < 4.78 is 11.7. The number of ether oxygens (including phenoxy) is 2. The van der Waals surface area contributed by atoms with Gasteiger partial charge in [-0.1, -0.05) is 24.8 Å². The normalized spacial score (nSPS) is 13.9. The molecule has 1 aliphatic rings. The van der Waals surface area contributed by atoms with E-state index in [2.05, 4.69) is 27.5 Å². The fourth-order valence-corrected chi connectivity index (χ4v) is 4.10. The number of aryl methyl sites for hydroxylation is 1. The first-order valence-electron chi connectivity index (χ1n) is 10.4. The predicted molar refractivity (Wildman–Crippen MR) is 121 cm³/mol. The zero-order chi connectivity index (χ0) is 21.5. The first-order valence-corrected chi connectivity index (χ1v) is 11.3. The number of rotatable bonds is 9. The van der Waals surface area contributed by atoms with E-state index >= 15 is 0 Å². The largest absolute Gasteiger partial charge is 0.493 e. The number of carbonyl (C=O) groups is 1. The topological polar surface area (TPSA) is 85.4 Å². The van der Waals surface area contributed by atoms with Crippen molar-refractivity contribution in [2.45, 2.75) is 64.3 Å². The molecule has 0 bridgehead atoms. The number of methoxy groups -OCH3 is 1. The van der Waals surface area contributed by atoms with Crippen LogP contribution in [0.2, 0.25) is 0 Å². The van der Waals surface area contributed by atoms with Gasteiger partial charge in [-0.15, -0.1) is 0 Å². The van der Waals surface area contributed by atoms with Crippen LogP contribution in [-0.4, -0.2) is 34.8 Å². The lowest BCUT2D eigenvalue weighted by molar-refractivity contribution is -0.114. The average molecular weight is 431 g/mol. The van der Waals surface area contributed by atoms with E-state index in [-0.39, 0.29) is 12.0 Å². The Balaban J connectivity index is 1.80. The Bertz CT molecular complexity index is 885. The van der Waals surface area contributed by atoms with Gasteiger partial charge in [0.05, 0.1) is 18.9 Å². The minimum atomic E-state index is -0.155. The van der Waals surface area contributed by atoms with Gasteiger partial charge in [0.25, 0.3) is 0 Å². The lowest BCUT2D eigenvalue weighted by atomic mass is 10.2. The minimum Gasteiger partial charge on any atom is -0.493 e. The number of hydrogen-bond donors (Lipinski definition) is 2. The number of aromatic nitrogens is 2. The molecule has 1 heterocycles. The van der Waals surface area contributed by atoms with E-state index in [1.165, 1.54) is 19.8 Å². The van der Waals surface area contributed by atoms with Crippen molar-refractivity contribution >= 4 is 29.2 Å². The molecule has 1 fully saturated rings. The van der Waals surface area contributed by atoms with E-state index in [0.717, 1.165) is 41.4 Å². The Labute approximate surface area is 182 Å². The van der Waals surface area contributed by atoms with Crippen LogP contribution >= 0.6 is 11.8 Å². The average Bonchev–Trinajstić information content (AvgIpc) is 3.22. The monoisotopic (exact) mass is 430 g/mol. The van der Waals surface area contributed by atoms with Gasteiger partial charge >= 0.3 is 0 Å². The maximum Gasteiger partial charge on any atom is 0.221 e. The third kappa shape index (κ3) is 5.78. The number of benzene rings is 1. The lowest BCUT2D eigenvalue weighted by Crippen LogP contribution is -2.14. The van der Waals surface area contributed by atoms with Gasteiger partial charge < -0.3 is 20.1 Å². The molecule has 0 saturated heterocycles. The highest BCUT2D eigenvalue weighted by molar-refractivity contribution is 7.99. The summed E-state index contributed by atoms with van der Waals surface area (Å²) in [5.74, 6) is 2.84. The highest BCUT2D eigenvalue weighted by Gasteiger charge is 2.19. The summed E-state index contributed by atoms with van der Waals surface area (Å²) in [6.45, 7) is 5.94. The smallest absolute Gasteiger partial charge is 0.221 e. The van der Waals surface area contributed by atoms with Crippen LogP contribution < -0.4 is 20.1 Å². The Kier molecular flexibility index (Phi) is 7.79. The Morgan fingerprint density at radius 3 is 2.67 bits per heavy atom. The van der Waals surface area contributed by atoms with Crippen LogP contribution in [0.15, 0.2) is 23.4 Å². The SMILES string of the molecule is CCSc1nc(C)c(NC(C)=O)c(NCc2ccc(OC)c(OC3CCCC3)c2)n1. The number of thioether (sulfide) groups is 1. The van der Waals surface area contributed by atoms with Gasteiger partial charge in [-0.3, -0.25) is 4.79 Å². The van der Waals surface area contributed by atoms with Gasteiger partial charge in [0.15, 0.2) is 22.5 Å². The van der Waals surface area contributed by atoms with Crippen molar-refractivity contribution in [3.8, 4) is 11.5 Å². The highest BCUT2D eigenvalue weighted by atomic mass is 32.2. The van der Waals surface area contributed by atoms with Crippen LogP contribution in [0.25, 0.3) is 0 Å². The molecule has 1 aliphatic carbocycles. The van der Waals surface area contributed by atoms with E-state index < -0.39 is 0 Å². The molecule has 1 aromatic heterocycles. The first kappa shape index (κ1) is 22.2. The zero-order valence-corrected chi connectivity index (χ0v) is 18.9. The second-order valence-electron chi connectivity index (χ2n) is 7.29. The van der Waals surface area contributed by atoms with Crippen LogP contribution in [0.3, 0.4) is 0 Å². The van der Waals surface area contributed by atoms with Gasteiger partial charge in [0, 0.05) is 13.5 Å². The molecule has 3 rings (SSSR count). The number of hydrogen-bond acceptors (Lipinski definition) is 7. The maximum absolute atomic E-state index is 11.7. The van der Waals surface area contributed by atoms with Gasteiger partial charge in [0.1, 0.15) is 5.69 Å². The molecule has 1 amide bonds. The van der Waals surface area contributed by atoms with Gasteiger partial charge in [-0.05, 0) is 56.1 Å². The molecule has 8 heteroatoms. The first-order chi connectivity index (χ1) is 14.5. The number of carbonyl (C=O) groups excluding carboxylic acids is 1. The quantitative estimate of drug-likeness (QED) is 0.437. The standard InChI is InChI=1S/C22H30N4O3S/c1-5-30-22-24-14(2)20(25-15(3)27)21(26-22)23-13-16-10-11-18(28-4)19(12-16)29-17-8-6-7-9-17/h10-12,17H,5-9,13H2,1-4H3,(H,25,27)(H,23,24,26). The Hall–Kier alpha value is -2.48. The predicted octanol–water partition coefficient (Wildman–Crippen LogP) is 4.80. The fraction of sp³-hybridized carbons (Fsp3) is 0.500. The number of nitrogens with zero attached hydrogens (tertiary/aromatic N) is 2. The minimum absolute atomic E-state index is 0.155. The number of nitrogens with one attached hydrogen (secondary N) is 2. The van der Waals surface area contributed by atoms with Gasteiger partial charge in [-0.25, -0.2) is 9.97 Å². The van der Waals surface area contributed by atoms with E-state index in [9.17, 15) is 4.79 Å². The second-order valence-corrected chi connectivity index (χ2v) is 8.52. The summed E-state index contributed by atoms with van der Waals surface area (Å²) in [5.41, 5.74) is 2.39. The number of amides is 1. The van der Waals surface area contributed by atoms with E-state index in [4.69, 9.17) is 9.47 Å². The molecule has 7 nitrogen and oxygen atoms in total. The molecule has 30 heavy (non-hydrogen) atoms. The van der Waals surface area contributed by atoms with Crippen molar-refractivity contribution < 1.29 is 14.3 Å². The molecule has 0 unspecified atom stereocenters. The molecular weight excluding hydrogens is 400 g/mol. The molecule has 0 aliphatic heterocycles. The van der Waals surface area contributed by atoms with Crippen LogP contribution in [0.4, 0.5) is 11.5 Å². The van der Waals surface area contributed by atoms with Crippen LogP contribution in [0.5, 0.6) is 11.5 Å². The third-order valence-corrected chi connectivity index (χ3v) is 5.66. The lowest BCUT2D eigenvalue weighted by Gasteiger charge is -2.18. The van der Waals surface area contributed by atoms with Crippen molar-refractivity contribution in [3.63, 3.8) is 0 Å². The van der Waals surface area contributed by atoms with Crippen molar-refractivity contribution in [1.29, 1.82) is 0 Å². The molecule has 0 spiro atoms. The zero-order valence-electron chi connectivity index (χ0n) is 18.1. The molecule has 2 aromatic rings. The van der Waals surface area contributed by atoms with Crippen molar-refractivity contribution in [3.05, 3.63) is 29.5 Å². The maximum atomic E-state index is 11.7. The van der Waals surface area contributed by atoms with Crippen molar-refractivity contribution in [1.82, 2.24) is 9.97 Å². The second kappa shape index (κ2) is 10.5. The summed E-state index contributed by atoms with van der Waals surface area (Å²) in [4.78, 5) is 20.7. The molecule has 2 N–H and O–H groups in total. The molecular formula is C22H30N4O3S. The van der Waals surface area contributed by atoms with Crippen LogP contribution in [0, 0.1) is 6.92 Å². The molecule has 1 aromatic carbocycles. The van der Waals surface area contributed by atoms with E-state index in [0.29, 0.717) is 23.2 Å². The molecule has 1 saturated carbocycles. The number of anilines is 2. The molecule has 0 atom stereocenters. The van der Waals surface area contributed by atoms with Crippen molar-refractivity contribution in [2.24, 2.45) is 0 Å². The van der Waals surface area contributed by atoms with Crippen LogP contribution in [-0.2, 0) is 11.3 Å². The van der Waals surface area contributed by atoms with Gasteiger partial charge in [-0.2, -0.15) is 0 Å². The summed E-state index contributed by atoms with van der Waals surface area (Å²) >= 11 is 1.57. The highest BCUT2D eigenvalue weighted by Crippen LogP contribution is 2.33.